The van der Waals surface area contributed by atoms with Gasteiger partial charge in [-0.15, -0.1) is 0 Å². The van der Waals surface area contributed by atoms with Gasteiger partial charge in [0.15, 0.2) is 0 Å². The smallest absolute Gasteiger partial charge is 0.252 e. The zero-order chi connectivity index (χ0) is 24.6. The van der Waals surface area contributed by atoms with E-state index in [9.17, 15) is 4.79 Å². The molecule has 0 aliphatic rings. The van der Waals surface area contributed by atoms with E-state index in [1.807, 2.05) is 60.7 Å². The molecule has 1 amide bonds. The number of rotatable bonds is 10. The molecule has 0 spiro atoms. The monoisotopic (exact) mass is 470 g/mol. The number of likely N-dealkylation sites (N-methyl/N-ethyl adjacent to an activating group) is 1. The Morgan fingerprint density at radius 3 is 2.46 bits per heavy atom. The van der Waals surface area contributed by atoms with E-state index >= 15 is 0 Å². The molecule has 0 atom stereocenters. The molecule has 180 valence electrons. The Hall–Kier alpha value is -4.26. The van der Waals surface area contributed by atoms with Gasteiger partial charge in [0, 0.05) is 36.8 Å². The van der Waals surface area contributed by atoms with Crippen LogP contribution in [0.4, 0.5) is 17.2 Å². The van der Waals surface area contributed by atoms with Crippen LogP contribution >= 0.6 is 0 Å². The summed E-state index contributed by atoms with van der Waals surface area (Å²) in [5.41, 5.74) is 3.12. The molecule has 0 aliphatic heterocycles. The van der Waals surface area contributed by atoms with Crippen LogP contribution in [0.15, 0.2) is 78.9 Å². The van der Waals surface area contributed by atoms with Crippen molar-refractivity contribution >= 4 is 34.0 Å². The summed E-state index contributed by atoms with van der Waals surface area (Å²) in [5.74, 6) is 1.73. The summed E-state index contributed by atoms with van der Waals surface area (Å²) < 4.78 is 10.8. The second-order valence-electron chi connectivity index (χ2n) is 7.93. The molecule has 7 nitrogen and oxygen atoms in total. The Morgan fingerprint density at radius 2 is 1.71 bits per heavy atom. The molecule has 0 bridgehead atoms. The molecule has 4 aromatic rings. The minimum absolute atomic E-state index is 0.145. The van der Waals surface area contributed by atoms with Crippen molar-refractivity contribution in [1.82, 2.24) is 10.3 Å². The lowest BCUT2D eigenvalue weighted by Crippen LogP contribution is -2.35. The summed E-state index contributed by atoms with van der Waals surface area (Å²) in [6, 6.07) is 25.1. The second kappa shape index (κ2) is 11.2. The van der Waals surface area contributed by atoms with Crippen LogP contribution in [0.5, 0.6) is 11.5 Å². The highest BCUT2D eigenvalue weighted by Crippen LogP contribution is 2.32. The van der Waals surface area contributed by atoms with Gasteiger partial charge in [0.1, 0.15) is 17.3 Å². The first-order valence-corrected chi connectivity index (χ1v) is 11.6. The Balaban J connectivity index is 1.56. The van der Waals surface area contributed by atoms with Crippen LogP contribution in [-0.4, -0.2) is 44.7 Å². The van der Waals surface area contributed by atoms with Gasteiger partial charge in [0.05, 0.1) is 31.0 Å². The Morgan fingerprint density at radius 1 is 0.943 bits per heavy atom. The molecule has 3 aromatic carbocycles. The Kier molecular flexibility index (Phi) is 7.67. The lowest BCUT2D eigenvalue weighted by atomic mass is 10.1. The maximum Gasteiger partial charge on any atom is 0.252 e. The molecule has 0 fully saturated rings. The highest BCUT2D eigenvalue weighted by Gasteiger charge is 2.15. The molecule has 0 unspecified atom stereocenters. The number of aromatic nitrogens is 1. The molecule has 7 heteroatoms. The van der Waals surface area contributed by atoms with Gasteiger partial charge in [0.25, 0.3) is 5.91 Å². The topological polar surface area (TPSA) is 75.7 Å². The number of hydrogen-bond acceptors (Lipinski definition) is 6. The summed E-state index contributed by atoms with van der Waals surface area (Å²) >= 11 is 0. The predicted molar refractivity (Wildman–Crippen MR) is 141 cm³/mol. The third kappa shape index (κ3) is 5.63. The average Bonchev–Trinajstić information content (AvgIpc) is 2.91. The van der Waals surface area contributed by atoms with Crippen LogP contribution < -0.4 is 25.0 Å². The first-order chi connectivity index (χ1) is 17.1. The van der Waals surface area contributed by atoms with E-state index in [1.54, 1.807) is 20.3 Å². The van der Waals surface area contributed by atoms with Crippen molar-refractivity contribution in [2.24, 2.45) is 0 Å². The van der Waals surface area contributed by atoms with Crippen LogP contribution in [0.25, 0.3) is 10.9 Å². The zero-order valence-corrected chi connectivity index (χ0v) is 20.2. The lowest BCUT2D eigenvalue weighted by Gasteiger charge is -2.23. The van der Waals surface area contributed by atoms with E-state index in [2.05, 4.69) is 34.6 Å². The van der Waals surface area contributed by atoms with Crippen LogP contribution in [0.2, 0.25) is 0 Å². The van der Waals surface area contributed by atoms with Crippen molar-refractivity contribution < 1.29 is 14.3 Å². The van der Waals surface area contributed by atoms with Gasteiger partial charge in [-0.1, -0.05) is 36.4 Å². The van der Waals surface area contributed by atoms with Crippen LogP contribution in [-0.2, 0) is 0 Å². The third-order valence-electron chi connectivity index (χ3n) is 5.80. The largest absolute Gasteiger partial charge is 0.497 e. The van der Waals surface area contributed by atoms with Gasteiger partial charge in [-0.25, -0.2) is 4.98 Å². The molecular weight excluding hydrogens is 440 g/mol. The van der Waals surface area contributed by atoms with Crippen molar-refractivity contribution in [2.75, 3.05) is 44.1 Å². The minimum atomic E-state index is -0.145. The fraction of sp³-hybridized carbons (Fsp3) is 0.214. The normalized spacial score (nSPS) is 10.6. The fourth-order valence-corrected chi connectivity index (χ4v) is 3.99. The number of fused-ring (bicyclic) bond motifs is 1. The van der Waals surface area contributed by atoms with Crippen molar-refractivity contribution in [3.05, 3.63) is 84.4 Å². The van der Waals surface area contributed by atoms with E-state index in [1.165, 1.54) is 0 Å². The number of benzene rings is 3. The molecule has 35 heavy (non-hydrogen) atoms. The van der Waals surface area contributed by atoms with Crippen LogP contribution in [0.3, 0.4) is 0 Å². The first kappa shape index (κ1) is 23.9. The van der Waals surface area contributed by atoms with Gasteiger partial charge in [-0.3, -0.25) is 4.79 Å². The van der Waals surface area contributed by atoms with Crippen molar-refractivity contribution in [2.45, 2.75) is 6.92 Å². The molecular formula is C28H30N4O3. The summed E-state index contributed by atoms with van der Waals surface area (Å²) in [7, 11) is 3.22. The number of ether oxygens (including phenoxy) is 2. The summed E-state index contributed by atoms with van der Waals surface area (Å²) in [6.07, 6.45) is 0. The van der Waals surface area contributed by atoms with Crippen LogP contribution in [0.1, 0.15) is 17.3 Å². The van der Waals surface area contributed by atoms with Crippen LogP contribution in [0, 0.1) is 0 Å². The number of pyridine rings is 1. The number of nitrogens with one attached hydrogen (secondary N) is 2. The van der Waals surface area contributed by atoms with Crippen molar-refractivity contribution in [3.8, 4) is 11.5 Å². The number of hydrogen-bond donors (Lipinski definition) is 2. The predicted octanol–water partition coefficient (Wildman–Crippen LogP) is 5.25. The van der Waals surface area contributed by atoms with E-state index in [0.717, 1.165) is 23.1 Å². The number of carbonyl (C=O) groups is 1. The van der Waals surface area contributed by atoms with Crippen molar-refractivity contribution in [1.29, 1.82) is 0 Å². The minimum Gasteiger partial charge on any atom is -0.497 e. The maximum atomic E-state index is 13.3. The zero-order valence-electron chi connectivity index (χ0n) is 20.2. The van der Waals surface area contributed by atoms with E-state index in [4.69, 9.17) is 14.5 Å². The number of amides is 1. The van der Waals surface area contributed by atoms with Gasteiger partial charge in [-0.2, -0.15) is 0 Å². The average molecular weight is 471 g/mol. The van der Waals surface area contributed by atoms with Crippen molar-refractivity contribution in [3.63, 3.8) is 0 Å². The third-order valence-corrected chi connectivity index (χ3v) is 5.80. The summed E-state index contributed by atoms with van der Waals surface area (Å²) in [4.78, 5) is 20.2. The number of anilines is 3. The molecule has 0 saturated heterocycles. The number of methoxy groups -OCH3 is 2. The Labute approximate surface area is 205 Å². The van der Waals surface area contributed by atoms with E-state index in [-0.39, 0.29) is 5.91 Å². The first-order valence-electron chi connectivity index (χ1n) is 11.6. The van der Waals surface area contributed by atoms with Gasteiger partial charge >= 0.3 is 0 Å². The SMILES string of the molecule is CCN(CCNC(=O)c1cc(Nc2cc(OC)ccc2OC)nc2ccccc12)c1ccccc1. The molecule has 1 aromatic heterocycles. The molecule has 0 saturated carbocycles. The number of para-hydroxylation sites is 2. The van der Waals surface area contributed by atoms with Gasteiger partial charge in [0.2, 0.25) is 0 Å². The van der Waals surface area contributed by atoms with E-state index in [0.29, 0.717) is 41.7 Å². The molecule has 1 heterocycles. The Bertz CT molecular complexity index is 1290. The summed E-state index contributed by atoms with van der Waals surface area (Å²) in [6.45, 7) is 4.19. The molecule has 0 aliphatic carbocycles. The van der Waals surface area contributed by atoms with Gasteiger partial charge < -0.3 is 25.0 Å². The van der Waals surface area contributed by atoms with Gasteiger partial charge in [-0.05, 0) is 43.3 Å². The number of carbonyl (C=O) groups excluding carboxylic acids is 1. The highest BCUT2D eigenvalue weighted by molar-refractivity contribution is 6.07. The van der Waals surface area contributed by atoms with E-state index < -0.39 is 0 Å². The number of nitrogens with zero attached hydrogens (tertiary/aromatic N) is 2. The molecule has 0 radical (unpaired) electrons. The molecule has 4 rings (SSSR count). The fourth-order valence-electron chi connectivity index (χ4n) is 3.99. The standard InChI is InChI=1S/C28H30N4O3/c1-4-32(20-10-6-5-7-11-20)17-16-29-28(33)23-19-27(30-24-13-9-8-12-22(23)24)31-25-18-21(34-2)14-15-26(25)35-3/h5-15,18-19H,4,16-17H2,1-3H3,(H,29,33)(H,30,31). The maximum absolute atomic E-state index is 13.3. The second-order valence-corrected chi connectivity index (χ2v) is 7.93. The summed E-state index contributed by atoms with van der Waals surface area (Å²) in [5, 5.41) is 7.16. The molecule has 2 N–H and O–H groups in total. The highest BCUT2D eigenvalue weighted by atomic mass is 16.5. The quantitative estimate of drug-likeness (QED) is 0.330. The lowest BCUT2D eigenvalue weighted by molar-refractivity contribution is 0.0956.